The van der Waals surface area contributed by atoms with Crippen molar-refractivity contribution in [1.29, 1.82) is 0 Å². The third kappa shape index (κ3) is 744. The molecule has 0 bridgehead atoms. The molecule has 0 spiro atoms. The Hall–Kier alpha value is -0.801. The van der Waals surface area contributed by atoms with Crippen LogP contribution in [0.25, 0.3) is 0 Å². The summed E-state index contributed by atoms with van der Waals surface area (Å²) in [5.74, 6) is -2.17. The monoisotopic (exact) mass is 201 g/mol. The van der Waals surface area contributed by atoms with Crippen LogP contribution < -0.4 is 10.2 Å². The molecule has 65 valence electrons. The molecule has 0 atom stereocenters. The van der Waals surface area contributed by atoms with Crippen LogP contribution in [-0.4, -0.2) is 11.9 Å². The first kappa shape index (κ1) is 22.5. The molecule has 4 nitrogen and oxygen atoms in total. The zero-order chi connectivity index (χ0) is 9.15. The smallest absolute Gasteiger partial charge is 0.550 e. The topological polar surface area (TPSA) is 80.3 Å². The fraction of sp³-hybridized carbons (Fsp3) is 0.333. The average Bonchev–Trinajstić information content (AvgIpc) is 1.66. The molecule has 0 heterocycles. The summed E-state index contributed by atoms with van der Waals surface area (Å²) in [6.45, 7) is 7.94. The Bertz CT molecular complexity index is 82.8. The number of rotatable bonds is 0. The second-order valence-corrected chi connectivity index (χ2v) is 0.983. The van der Waals surface area contributed by atoms with Crippen LogP contribution in [0.3, 0.4) is 0 Å². The molecule has 0 rings (SSSR count). The summed E-state index contributed by atoms with van der Waals surface area (Å²) in [5.41, 5.74) is 0. The third-order valence-corrected chi connectivity index (χ3v) is 0. The van der Waals surface area contributed by atoms with Crippen LogP contribution in [-0.2, 0) is 26.7 Å². The molecular weight excluding hydrogens is 191 g/mol. The van der Waals surface area contributed by atoms with Crippen molar-refractivity contribution in [3.8, 4) is 0 Å². The fourth-order valence-electron chi connectivity index (χ4n) is 0. The molecule has 0 amide bonds. The molecule has 0 fully saturated rings. The average molecular weight is 201 g/mol. The number of hydrogen-bond acceptors (Lipinski definition) is 4. The van der Waals surface area contributed by atoms with Gasteiger partial charge in [0.15, 0.2) is 0 Å². The molecule has 0 saturated carbocycles. The normalized spacial score (nSPS) is 4.91. The predicted octanol–water partition coefficient (Wildman–Crippen LogP) is -1.69. The van der Waals surface area contributed by atoms with E-state index in [1.54, 1.807) is 0 Å². The van der Waals surface area contributed by atoms with Gasteiger partial charge in [0.2, 0.25) is 0 Å². The number of hydrogen-bond donors (Lipinski definition) is 0. The first-order valence-electron chi connectivity index (χ1n) is 2.32. The van der Waals surface area contributed by atoms with Crippen LogP contribution in [0.2, 0.25) is 0 Å². The van der Waals surface area contributed by atoms with Gasteiger partial charge in [-0.2, -0.15) is 0 Å². The first-order valence-corrected chi connectivity index (χ1v) is 2.32. The van der Waals surface area contributed by atoms with Gasteiger partial charge in [-0.3, -0.25) is 0 Å². The van der Waals surface area contributed by atoms with Gasteiger partial charge in [0.1, 0.15) is 0 Å². The van der Waals surface area contributed by atoms with Crippen molar-refractivity contribution in [1.82, 2.24) is 0 Å². The van der Waals surface area contributed by atoms with Crippen LogP contribution in [0.15, 0.2) is 13.2 Å². The van der Waals surface area contributed by atoms with E-state index in [4.69, 9.17) is 19.8 Å². The van der Waals surface area contributed by atoms with E-state index in [1.165, 1.54) is 0 Å². The molecule has 0 aliphatic carbocycles. The van der Waals surface area contributed by atoms with E-state index in [0.29, 0.717) is 0 Å². The summed E-state index contributed by atoms with van der Waals surface area (Å²) in [4.78, 5) is 17.8. The Morgan fingerprint density at radius 3 is 1.00 bits per heavy atom. The van der Waals surface area contributed by atoms with E-state index in [2.05, 4.69) is 13.2 Å². The minimum Gasteiger partial charge on any atom is -0.550 e. The minimum atomic E-state index is -1.08. The van der Waals surface area contributed by atoms with Gasteiger partial charge in [-0.15, -0.1) is 13.2 Å². The molecule has 5 heteroatoms. The first-order chi connectivity index (χ1) is 4.46. The van der Waals surface area contributed by atoms with Crippen molar-refractivity contribution >= 4 is 11.9 Å². The van der Waals surface area contributed by atoms with Crippen molar-refractivity contribution in [3.05, 3.63) is 13.2 Å². The van der Waals surface area contributed by atoms with Crippen molar-refractivity contribution in [2.24, 2.45) is 0 Å². The Morgan fingerprint density at radius 1 is 1.00 bits per heavy atom. The van der Waals surface area contributed by atoms with Crippen LogP contribution in [0.4, 0.5) is 0 Å². The molecule has 0 aliphatic rings. The zero-order valence-corrected chi connectivity index (χ0v) is 7.61. The van der Waals surface area contributed by atoms with Crippen molar-refractivity contribution in [2.75, 3.05) is 0 Å². The van der Waals surface area contributed by atoms with Gasteiger partial charge in [-0.1, -0.05) is 0 Å². The molecular formula is C6H10MnO4. The molecule has 0 unspecified atom stereocenters. The van der Waals surface area contributed by atoms with E-state index in [0.717, 1.165) is 13.8 Å². The van der Waals surface area contributed by atoms with Crippen LogP contribution in [0.5, 0.6) is 0 Å². The Labute approximate surface area is 76.4 Å². The van der Waals surface area contributed by atoms with E-state index in [-0.39, 0.29) is 17.1 Å². The summed E-state index contributed by atoms with van der Waals surface area (Å²) in [7, 11) is 0. The van der Waals surface area contributed by atoms with Crippen LogP contribution in [0.1, 0.15) is 13.8 Å². The Balaban J connectivity index is -0.0000000339. The van der Waals surface area contributed by atoms with E-state index < -0.39 is 11.9 Å². The summed E-state index contributed by atoms with van der Waals surface area (Å²) < 4.78 is 0. The second kappa shape index (κ2) is 22.9. The quantitative estimate of drug-likeness (QED) is 0.346. The summed E-state index contributed by atoms with van der Waals surface area (Å²) >= 11 is 0. The summed E-state index contributed by atoms with van der Waals surface area (Å²) in [6, 6.07) is 0. The SMILES string of the molecule is C=C.CC(=O)[O-].CC(=O)[O-].[Mn+2]. The number of carbonyl (C=O) groups excluding carboxylic acids is 2. The van der Waals surface area contributed by atoms with Gasteiger partial charge in [-0.05, 0) is 13.8 Å². The predicted molar refractivity (Wildman–Crippen MR) is 32.6 cm³/mol. The molecule has 0 aromatic carbocycles. The van der Waals surface area contributed by atoms with Crippen molar-refractivity contribution in [2.45, 2.75) is 13.8 Å². The molecule has 1 radical (unpaired) electrons. The minimum absolute atomic E-state index is 0. The Morgan fingerprint density at radius 2 is 1.00 bits per heavy atom. The van der Waals surface area contributed by atoms with E-state index in [9.17, 15) is 0 Å². The van der Waals surface area contributed by atoms with Gasteiger partial charge >= 0.3 is 17.1 Å². The number of carboxylic acid groups (broad SMARTS) is 2. The van der Waals surface area contributed by atoms with E-state index >= 15 is 0 Å². The summed E-state index contributed by atoms with van der Waals surface area (Å²) in [5, 5.41) is 17.8. The standard InChI is InChI=1S/2C2H4O2.C2H4.Mn/c2*1-2(3)4;1-2;/h2*1H3,(H,3,4);1-2H2;/q;;;+2/p-2. The van der Waals surface area contributed by atoms with E-state index in [1.807, 2.05) is 0 Å². The number of carboxylic acids is 2. The Kier molecular flexibility index (Phi) is 46.7. The zero-order valence-electron chi connectivity index (χ0n) is 6.43. The summed E-state index contributed by atoms with van der Waals surface area (Å²) in [6.07, 6.45) is 0. The fourth-order valence-corrected chi connectivity index (χ4v) is 0. The maximum atomic E-state index is 8.89. The third-order valence-electron chi connectivity index (χ3n) is 0. The van der Waals surface area contributed by atoms with Gasteiger partial charge in [-0.25, -0.2) is 0 Å². The van der Waals surface area contributed by atoms with Gasteiger partial charge < -0.3 is 19.8 Å². The largest absolute Gasteiger partial charge is 2.00 e. The number of carbonyl (C=O) groups is 2. The molecule has 0 aliphatic heterocycles. The van der Waals surface area contributed by atoms with Gasteiger partial charge in [0.05, 0.1) is 0 Å². The molecule has 11 heavy (non-hydrogen) atoms. The maximum absolute atomic E-state index is 8.89. The maximum Gasteiger partial charge on any atom is 2.00 e. The molecule has 0 N–H and O–H groups in total. The van der Waals surface area contributed by atoms with Crippen molar-refractivity contribution < 1.29 is 36.9 Å². The number of aliphatic carboxylic acids is 2. The second-order valence-electron chi connectivity index (χ2n) is 0.983. The molecule has 0 aromatic heterocycles. The molecule has 0 aromatic rings. The molecule has 0 saturated heterocycles. The van der Waals surface area contributed by atoms with Gasteiger partial charge in [0.25, 0.3) is 0 Å². The van der Waals surface area contributed by atoms with Crippen LogP contribution >= 0.6 is 0 Å². The van der Waals surface area contributed by atoms with Crippen molar-refractivity contribution in [3.63, 3.8) is 0 Å². The van der Waals surface area contributed by atoms with Gasteiger partial charge in [0, 0.05) is 11.9 Å². The van der Waals surface area contributed by atoms with Crippen LogP contribution in [0, 0.1) is 0 Å².